The Morgan fingerprint density at radius 2 is 2.00 bits per heavy atom. The largest absolute Gasteiger partial charge is 0.487 e. The van der Waals surface area contributed by atoms with Crippen molar-refractivity contribution in [2.45, 2.75) is 50.7 Å². The van der Waals surface area contributed by atoms with E-state index in [4.69, 9.17) is 4.74 Å². The lowest BCUT2D eigenvalue weighted by Gasteiger charge is -2.40. The predicted octanol–water partition coefficient (Wildman–Crippen LogP) is 3.64. The van der Waals surface area contributed by atoms with Crippen molar-refractivity contribution in [2.24, 2.45) is 4.99 Å². The molecule has 1 atom stereocenters. The maximum atomic E-state index is 12.0. The van der Waals surface area contributed by atoms with Crippen molar-refractivity contribution in [1.29, 1.82) is 0 Å². The molecule has 1 aliphatic heterocycles. The van der Waals surface area contributed by atoms with Gasteiger partial charge in [0.15, 0.2) is 5.96 Å². The monoisotopic (exact) mass is 512 g/mol. The molecule has 29 heavy (non-hydrogen) atoms. The maximum Gasteiger partial charge on any atom is 0.243 e. The molecule has 1 spiro atoms. The van der Waals surface area contributed by atoms with E-state index in [1.807, 2.05) is 19.1 Å². The summed E-state index contributed by atoms with van der Waals surface area (Å²) in [6, 6.07) is 8.31. The Morgan fingerprint density at radius 3 is 2.66 bits per heavy atom. The first-order chi connectivity index (χ1) is 13.4. The summed E-state index contributed by atoms with van der Waals surface area (Å²) in [4.78, 5) is 18.1. The van der Waals surface area contributed by atoms with E-state index in [1.165, 1.54) is 12.8 Å². The van der Waals surface area contributed by atoms with E-state index in [1.54, 1.807) is 19.0 Å². The van der Waals surface area contributed by atoms with Gasteiger partial charge in [-0.1, -0.05) is 30.4 Å². The third kappa shape index (κ3) is 6.10. The molecule has 1 unspecified atom stereocenters. The molecule has 1 aliphatic carbocycles. The molecular weight excluding hydrogens is 479 g/mol. The number of aliphatic imine (C=N–C) groups is 1. The van der Waals surface area contributed by atoms with Gasteiger partial charge in [0.25, 0.3) is 0 Å². The lowest BCUT2D eigenvalue weighted by Crippen LogP contribution is -2.47. The Balaban J connectivity index is 0.00000300. The molecule has 3 rings (SSSR count). The number of carbonyl (C=O) groups is 1. The van der Waals surface area contributed by atoms with E-state index in [2.05, 4.69) is 34.3 Å². The molecule has 2 aliphatic rings. The number of likely N-dealkylation sites (N-methyl/N-ethyl adjacent to an activating group) is 1. The van der Waals surface area contributed by atoms with Crippen LogP contribution in [0.25, 0.3) is 0 Å². The third-order valence-corrected chi connectivity index (χ3v) is 5.45. The molecule has 6 nitrogen and oxygen atoms in total. The number of rotatable bonds is 5. The van der Waals surface area contributed by atoms with Gasteiger partial charge in [-0.15, -0.1) is 24.0 Å². The van der Waals surface area contributed by atoms with Crippen molar-refractivity contribution in [2.75, 3.05) is 27.2 Å². The second-order valence-corrected chi connectivity index (χ2v) is 8.19. The molecule has 1 aromatic carbocycles. The number of halogens is 1. The van der Waals surface area contributed by atoms with E-state index < -0.39 is 0 Å². The average Bonchev–Trinajstić information content (AvgIpc) is 3.10. The van der Waals surface area contributed by atoms with Crippen molar-refractivity contribution in [3.63, 3.8) is 0 Å². The summed E-state index contributed by atoms with van der Waals surface area (Å²) < 4.78 is 6.44. The summed E-state index contributed by atoms with van der Waals surface area (Å²) in [6.07, 6.45) is 5.50. The first kappa shape index (κ1) is 23.5. The van der Waals surface area contributed by atoms with Crippen LogP contribution in [0.1, 0.15) is 50.6 Å². The van der Waals surface area contributed by atoms with Crippen LogP contribution in [0, 0.1) is 0 Å². The number of guanidine groups is 1. The van der Waals surface area contributed by atoms with E-state index >= 15 is 0 Å². The van der Waals surface area contributed by atoms with Crippen molar-refractivity contribution in [3.8, 4) is 5.75 Å². The van der Waals surface area contributed by atoms with Gasteiger partial charge in [-0.2, -0.15) is 0 Å². The zero-order chi connectivity index (χ0) is 20.1. The molecule has 160 valence electrons. The molecule has 1 fully saturated rings. The Kier molecular flexibility index (Phi) is 8.36. The molecule has 1 aromatic rings. The SMILES string of the molecule is C=C(C)CNC(=NCC(=O)N(C)C)NC1CC2(CCCC2)Oc2ccccc21.I. The van der Waals surface area contributed by atoms with Crippen LogP contribution in [0.15, 0.2) is 41.4 Å². The highest BCUT2D eigenvalue weighted by molar-refractivity contribution is 14.0. The first-order valence-electron chi connectivity index (χ1n) is 10.1. The Morgan fingerprint density at radius 1 is 1.31 bits per heavy atom. The highest BCUT2D eigenvalue weighted by atomic mass is 127. The fraction of sp³-hybridized carbons (Fsp3) is 0.545. The summed E-state index contributed by atoms with van der Waals surface area (Å²) in [5, 5.41) is 6.86. The van der Waals surface area contributed by atoms with E-state index in [-0.39, 0.29) is 48.1 Å². The Hall–Kier alpha value is -1.77. The minimum Gasteiger partial charge on any atom is -0.487 e. The molecule has 0 radical (unpaired) electrons. The average molecular weight is 512 g/mol. The number of carbonyl (C=O) groups excluding carboxylic acids is 1. The molecular formula is C22H33IN4O2. The van der Waals surface area contributed by atoms with Crippen LogP contribution in [-0.2, 0) is 4.79 Å². The molecule has 2 N–H and O–H groups in total. The number of benzene rings is 1. The summed E-state index contributed by atoms with van der Waals surface area (Å²) in [5.74, 6) is 1.56. The lowest BCUT2D eigenvalue weighted by atomic mass is 9.86. The fourth-order valence-corrected chi connectivity index (χ4v) is 3.91. The van der Waals surface area contributed by atoms with E-state index in [0.717, 1.165) is 36.1 Å². The highest BCUT2D eigenvalue weighted by Crippen LogP contribution is 2.46. The molecule has 1 amide bonds. The van der Waals surface area contributed by atoms with Gasteiger partial charge < -0.3 is 20.3 Å². The fourth-order valence-electron chi connectivity index (χ4n) is 3.91. The second-order valence-electron chi connectivity index (χ2n) is 8.19. The van der Waals surface area contributed by atoms with Gasteiger partial charge in [0, 0.05) is 32.6 Å². The Labute approximate surface area is 191 Å². The number of para-hydroxylation sites is 1. The van der Waals surface area contributed by atoms with E-state index in [0.29, 0.717) is 12.5 Å². The van der Waals surface area contributed by atoms with Crippen LogP contribution in [0.2, 0.25) is 0 Å². The van der Waals surface area contributed by atoms with Gasteiger partial charge >= 0.3 is 0 Å². The van der Waals surface area contributed by atoms with Gasteiger partial charge in [-0.05, 0) is 38.7 Å². The van der Waals surface area contributed by atoms with Crippen molar-refractivity contribution in [3.05, 3.63) is 42.0 Å². The van der Waals surface area contributed by atoms with Gasteiger partial charge in [0.2, 0.25) is 5.91 Å². The summed E-state index contributed by atoms with van der Waals surface area (Å²) >= 11 is 0. The van der Waals surface area contributed by atoms with Crippen molar-refractivity contribution >= 4 is 35.8 Å². The number of nitrogens with zero attached hydrogens (tertiary/aromatic N) is 2. The smallest absolute Gasteiger partial charge is 0.243 e. The lowest BCUT2D eigenvalue weighted by molar-refractivity contribution is -0.127. The molecule has 1 saturated carbocycles. The number of hydrogen-bond acceptors (Lipinski definition) is 3. The predicted molar refractivity (Wildman–Crippen MR) is 128 cm³/mol. The third-order valence-electron chi connectivity index (χ3n) is 5.45. The van der Waals surface area contributed by atoms with Gasteiger partial charge in [0.1, 0.15) is 17.9 Å². The van der Waals surface area contributed by atoms with Crippen LogP contribution < -0.4 is 15.4 Å². The van der Waals surface area contributed by atoms with Crippen molar-refractivity contribution in [1.82, 2.24) is 15.5 Å². The number of amides is 1. The van der Waals surface area contributed by atoms with Crippen molar-refractivity contribution < 1.29 is 9.53 Å². The standard InChI is InChI=1S/C22H32N4O2.HI/c1-16(2)14-23-21(24-15-20(27)26(3)4)25-18-13-22(11-7-8-12-22)28-19-10-6-5-9-17(18)19;/h5-6,9-10,18H,1,7-8,11-15H2,2-4H3,(H2,23,24,25);1H. The minimum atomic E-state index is -0.0923. The molecule has 7 heteroatoms. The number of fused-ring (bicyclic) bond motifs is 1. The summed E-state index contributed by atoms with van der Waals surface area (Å²) in [5.41, 5.74) is 2.06. The van der Waals surface area contributed by atoms with Crippen LogP contribution >= 0.6 is 24.0 Å². The quantitative estimate of drug-likeness (QED) is 0.274. The number of hydrogen-bond donors (Lipinski definition) is 2. The highest BCUT2D eigenvalue weighted by Gasteiger charge is 2.43. The maximum absolute atomic E-state index is 12.0. The molecule has 1 heterocycles. The zero-order valence-corrected chi connectivity index (χ0v) is 20.0. The first-order valence-corrected chi connectivity index (χ1v) is 10.1. The van der Waals surface area contributed by atoms with E-state index in [9.17, 15) is 4.79 Å². The topological polar surface area (TPSA) is 66.0 Å². The molecule has 0 bridgehead atoms. The zero-order valence-electron chi connectivity index (χ0n) is 17.7. The summed E-state index contributed by atoms with van der Waals surface area (Å²) in [6.45, 7) is 6.63. The summed E-state index contributed by atoms with van der Waals surface area (Å²) in [7, 11) is 3.48. The Bertz CT molecular complexity index is 757. The van der Waals surface area contributed by atoms with Crippen LogP contribution in [-0.4, -0.2) is 49.6 Å². The number of nitrogens with one attached hydrogen (secondary N) is 2. The molecule has 0 aromatic heterocycles. The normalized spacial score (nSPS) is 19.6. The van der Waals surface area contributed by atoms with Crippen LogP contribution in [0.4, 0.5) is 0 Å². The minimum absolute atomic E-state index is 0. The van der Waals surface area contributed by atoms with Crippen LogP contribution in [0.3, 0.4) is 0 Å². The van der Waals surface area contributed by atoms with Crippen LogP contribution in [0.5, 0.6) is 5.75 Å². The van der Waals surface area contributed by atoms with Gasteiger partial charge in [0.05, 0.1) is 6.04 Å². The molecule has 0 saturated heterocycles. The second kappa shape index (κ2) is 10.3. The van der Waals surface area contributed by atoms with Gasteiger partial charge in [-0.25, -0.2) is 4.99 Å². The number of ether oxygens (including phenoxy) is 1. The van der Waals surface area contributed by atoms with Gasteiger partial charge in [-0.3, -0.25) is 4.79 Å².